The van der Waals surface area contributed by atoms with Crippen molar-refractivity contribution < 1.29 is 19.0 Å². The Labute approximate surface area is 143 Å². The molecule has 0 unspecified atom stereocenters. The summed E-state index contributed by atoms with van der Waals surface area (Å²) in [6, 6.07) is 8.00. The number of halogens is 1. The highest BCUT2D eigenvalue weighted by molar-refractivity contribution is 6.08. The number of nitrogens with zero attached hydrogens (tertiary/aromatic N) is 1. The van der Waals surface area contributed by atoms with E-state index in [9.17, 15) is 14.3 Å². The van der Waals surface area contributed by atoms with Crippen LogP contribution in [0.2, 0.25) is 0 Å². The zero-order valence-corrected chi connectivity index (χ0v) is 13.5. The second kappa shape index (κ2) is 5.73. The van der Waals surface area contributed by atoms with Crippen molar-refractivity contribution in [3.05, 3.63) is 64.6 Å². The lowest BCUT2D eigenvalue weighted by molar-refractivity contribution is 0.0963. The highest BCUT2D eigenvalue weighted by atomic mass is 19.1. The maximum atomic E-state index is 13.0. The summed E-state index contributed by atoms with van der Waals surface area (Å²) in [6.07, 6.45) is 2.23. The second-order valence-electron chi connectivity index (χ2n) is 5.96. The average molecular weight is 338 g/mol. The lowest BCUT2D eigenvalue weighted by atomic mass is 9.99. The van der Waals surface area contributed by atoms with E-state index < -0.39 is 0 Å². The summed E-state index contributed by atoms with van der Waals surface area (Å²) in [5.41, 5.74) is 3.14. The van der Waals surface area contributed by atoms with E-state index in [4.69, 9.17) is 4.74 Å². The number of nitrogens with one attached hydrogen (secondary N) is 1. The van der Waals surface area contributed by atoms with Gasteiger partial charge in [-0.05, 0) is 35.7 Å². The number of phenols is 1. The van der Waals surface area contributed by atoms with Crippen LogP contribution in [0.1, 0.15) is 27.0 Å². The molecule has 0 aliphatic carbocycles. The predicted octanol–water partition coefficient (Wildman–Crippen LogP) is 2.92. The molecule has 0 fully saturated rings. The minimum absolute atomic E-state index is 0.0887. The predicted molar refractivity (Wildman–Crippen MR) is 90.3 cm³/mol. The molecule has 3 aromatic rings. The molecule has 1 aliphatic heterocycles. The van der Waals surface area contributed by atoms with Crippen molar-refractivity contribution >= 4 is 16.8 Å². The molecule has 0 saturated carbocycles. The Balaban J connectivity index is 1.85. The first kappa shape index (κ1) is 15.4. The molecule has 2 N–H and O–H groups in total. The number of aromatic nitrogens is 1. The zero-order chi connectivity index (χ0) is 17.6. The molecule has 0 bridgehead atoms. The van der Waals surface area contributed by atoms with E-state index in [1.807, 2.05) is 0 Å². The van der Waals surface area contributed by atoms with Crippen molar-refractivity contribution in [2.45, 2.75) is 13.0 Å². The van der Waals surface area contributed by atoms with Crippen LogP contribution < -0.4 is 10.1 Å². The smallest absolute Gasteiger partial charge is 0.255 e. The number of methoxy groups -OCH3 is 1. The number of fused-ring (bicyclic) bond motifs is 2. The van der Waals surface area contributed by atoms with Crippen molar-refractivity contribution in [2.75, 3.05) is 7.11 Å². The van der Waals surface area contributed by atoms with Gasteiger partial charge in [-0.2, -0.15) is 0 Å². The van der Waals surface area contributed by atoms with Crippen molar-refractivity contribution in [3.63, 3.8) is 0 Å². The highest BCUT2D eigenvalue weighted by Gasteiger charge is 2.30. The quantitative estimate of drug-likeness (QED) is 0.770. The van der Waals surface area contributed by atoms with E-state index in [-0.39, 0.29) is 23.0 Å². The normalized spacial score (nSPS) is 13.0. The number of phenolic OH excluding ortho intramolecular Hbond substituents is 1. The van der Waals surface area contributed by atoms with Crippen LogP contribution in [-0.4, -0.2) is 23.1 Å². The molecule has 4 rings (SSSR count). The first-order valence-electron chi connectivity index (χ1n) is 7.81. The van der Waals surface area contributed by atoms with E-state index >= 15 is 0 Å². The minimum Gasteiger partial charge on any atom is -0.506 e. The van der Waals surface area contributed by atoms with Gasteiger partial charge in [0, 0.05) is 23.7 Å². The van der Waals surface area contributed by atoms with Gasteiger partial charge in [-0.3, -0.25) is 9.78 Å². The number of ether oxygens (including phenoxy) is 1. The summed E-state index contributed by atoms with van der Waals surface area (Å²) in [7, 11) is 1.52. The zero-order valence-electron chi connectivity index (χ0n) is 13.5. The van der Waals surface area contributed by atoms with Crippen LogP contribution in [0.5, 0.6) is 11.5 Å². The molecule has 0 spiro atoms. The Hall–Kier alpha value is -3.15. The third-order valence-corrected chi connectivity index (χ3v) is 4.41. The summed E-state index contributed by atoms with van der Waals surface area (Å²) in [5, 5.41) is 13.7. The molecular formula is C19H15FN2O3. The fourth-order valence-electron chi connectivity index (χ4n) is 3.23. The lowest BCUT2D eigenvalue weighted by Gasteiger charge is -2.13. The summed E-state index contributed by atoms with van der Waals surface area (Å²) in [6.45, 7) is 0.305. The van der Waals surface area contributed by atoms with Crippen LogP contribution in [0.4, 0.5) is 4.39 Å². The van der Waals surface area contributed by atoms with Crippen LogP contribution in [0.3, 0.4) is 0 Å². The van der Waals surface area contributed by atoms with Crippen molar-refractivity contribution in [1.29, 1.82) is 0 Å². The van der Waals surface area contributed by atoms with Crippen LogP contribution in [-0.2, 0) is 13.0 Å². The van der Waals surface area contributed by atoms with E-state index in [0.29, 0.717) is 35.2 Å². The Morgan fingerprint density at radius 3 is 2.76 bits per heavy atom. The molecule has 126 valence electrons. The molecular weight excluding hydrogens is 323 g/mol. The van der Waals surface area contributed by atoms with E-state index in [1.165, 1.54) is 19.2 Å². The number of hydrogen-bond acceptors (Lipinski definition) is 4. The highest BCUT2D eigenvalue weighted by Crippen LogP contribution is 2.41. The van der Waals surface area contributed by atoms with Gasteiger partial charge in [-0.1, -0.05) is 12.1 Å². The van der Waals surface area contributed by atoms with Gasteiger partial charge in [0.1, 0.15) is 17.1 Å². The molecule has 0 saturated heterocycles. The lowest BCUT2D eigenvalue weighted by Crippen LogP contribution is -2.12. The molecule has 2 aromatic carbocycles. The molecule has 5 nitrogen and oxygen atoms in total. The van der Waals surface area contributed by atoms with Gasteiger partial charge < -0.3 is 15.2 Å². The third-order valence-electron chi connectivity index (χ3n) is 4.41. The monoisotopic (exact) mass is 338 g/mol. The van der Waals surface area contributed by atoms with Crippen LogP contribution in [0, 0.1) is 5.82 Å². The van der Waals surface area contributed by atoms with Gasteiger partial charge in [0.05, 0.1) is 12.7 Å². The van der Waals surface area contributed by atoms with Gasteiger partial charge in [0.15, 0.2) is 5.75 Å². The van der Waals surface area contributed by atoms with Crippen molar-refractivity contribution in [2.24, 2.45) is 0 Å². The Bertz CT molecular complexity index is 1000. The van der Waals surface area contributed by atoms with E-state index in [1.54, 1.807) is 24.4 Å². The van der Waals surface area contributed by atoms with Crippen molar-refractivity contribution in [3.8, 4) is 11.5 Å². The molecule has 1 amide bonds. The first-order valence-corrected chi connectivity index (χ1v) is 7.81. The average Bonchev–Trinajstić information content (AvgIpc) is 3.00. The first-order chi connectivity index (χ1) is 12.1. The Morgan fingerprint density at radius 1 is 1.28 bits per heavy atom. The third kappa shape index (κ3) is 2.46. The molecule has 1 aromatic heterocycles. The summed E-state index contributed by atoms with van der Waals surface area (Å²) < 4.78 is 18.5. The number of carbonyl (C=O) groups is 1. The van der Waals surface area contributed by atoms with Crippen molar-refractivity contribution in [1.82, 2.24) is 10.3 Å². The second-order valence-corrected chi connectivity index (χ2v) is 5.96. The number of carbonyl (C=O) groups excluding carboxylic acids is 1. The fraction of sp³-hybridized carbons (Fsp3) is 0.158. The topological polar surface area (TPSA) is 71.5 Å². The van der Waals surface area contributed by atoms with Gasteiger partial charge in [0.25, 0.3) is 5.91 Å². The number of amides is 1. The SMILES string of the molecule is COc1c2c(c(O)c3cc(Cc4ccc(F)cc4)cnc13)C(=O)NC2. The van der Waals surface area contributed by atoms with Gasteiger partial charge in [0.2, 0.25) is 0 Å². The molecule has 6 heteroatoms. The summed E-state index contributed by atoms with van der Waals surface area (Å²) in [4.78, 5) is 16.5. The Morgan fingerprint density at radius 2 is 2.04 bits per heavy atom. The van der Waals surface area contributed by atoms with Gasteiger partial charge in [-0.25, -0.2) is 4.39 Å². The Kier molecular flexibility index (Phi) is 3.53. The van der Waals surface area contributed by atoms with Gasteiger partial charge >= 0.3 is 0 Å². The number of pyridine rings is 1. The molecule has 0 radical (unpaired) electrons. The standard InChI is InChI=1S/C19H15FN2O3/c1-25-18-14-9-22-19(24)15(14)17(23)13-7-11(8-21-16(13)18)6-10-2-4-12(20)5-3-10/h2-5,7-8,23H,6,9H2,1H3,(H,22,24). The molecule has 2 heterocycles. The summed E-state index contributed by atoms with van der Waals surface area (Å²) >= 11 is 0. The number of rotatable bonds is 3. The van der Waals surface area contributed by atoms with Gasteiger partial charge in [-0.15, -0.1) is 0 Å². The summed E-state index contributed by atoms with van der Waals surface area (Å²) in [5.74, 6) is -0.204. The van der Waals surface area contributed by atoms with E-state index in [2.05, 4.69) is 10.3 Å². The molecule has 1 aliphatic rings. The maximum absolute atomic E-state index is 13.0. The largest absolute Gasteiger partial charge is 0.506 e. The van der Waals surface area contributed by atoms with Crippen LogP contribution in [0.15, 0.2) is 36.5 Å². The molecule has 0 atom stereocenters. The van der Waals surface area contributed by atoms with Crippen LogP contribution >= 0.6 is 0 Å². The number of benzene rings is 2. The maximum Gasteiger partial charge on any atom is 0.255 e. The minimum atomic E-state index is -0.323. The van der Waals surface area contributed by atoms with E-state index in [0.717, 1.165) is 11.1 Å². The van der Waals surface area contributed by atoms with Crippen LogP contribution in [0.25, 0.3) is 10.9 Å². The number of aromatic hydroxyl groups is 1. The number of hydrogen-bond donors (Lipinski definition) is 2. The molecule has 25 heavy (non-hydrogen) atoms. The fourth-order valence-corrected chi connectivity index (χ4v) is 3.23.